The molecule has 130 valence electrons. The number of aromatic nitrogens is 2. The molecule has 0 atom stereocenters. The molecule has 2 aromatic carbocycles. The Bertz CT molecular complexity index is 1040. The Hall–Kier alpha value is -3.26. The molecule has 0 N–H and O–H groups in total. The summed E-state index contributed by atoms with van der Waals surface area (Å²) in [5.41, 5.74) is 5.15. The van der Waals surface area contributed by atoms with Crippen molar-refractivity contribution in [3.63, 3.8) is 0 Å². The molecule has 1 aliphatic rings. The molecule has 0 fully saturated rings. The summed E-state index contributed by atoms with van der Waals surface area (Å²) < 4.78 is 4.64. The summed E-state index contributed by atoms with van der Waals surface area (Å²) in [7, 11) is 0. The predicted molar refractivity (Wildman–Crippen MR) is 105 cm³/mol. The molecule has 0 aliphatic heterocycles. The van der Waals surface area contributed by atoms with Crippen LogP contribution in [0.5, 0.6) is 0 Å². The Morgan fingerprint density at radius 3 is 1.63 bits per heavy atom. The number of rotatable bonds is 2. The molecule has 2 heterocycles. The van der Waals surface area contributed by atoms with Gasteiger partial charge in [0.25, 0.3) is 0 Å². The zero-order valence-corrected chi connectivity index (χ0v) is 15.4. The van der Waals surface area contributed by atoms with Crippen molar-refractivity contribution in [1.29, 1.82) is 0 Å². The largest absolute Gasteiger partial charge is 0.216 e. The molecule has 0 saturated carbocycles. The monoisotopic (exact) mass is 350 g/mol. The van der Waals surface area contributed by atoms with Crippen LogP contribution < -0.4 is 9.13 Å². The van der Waals surface area contributed by atoms with Crippen molar-refractivity contribution < 1.29 is 9.13 Å². The minimum Gasteiger partial charge on any atom is -0.194 e. The lowest BCUT2D eigenvalue weighted by molar-refractivity contribution is -0.744. The van der Waals surface area contributed by atoms with Crippen molar-refractivity contribution in [2.75, 3.05) is 0 Å². The maximum atomic E-state index is 2.33. The second-order valence-corrected chi connectivity index (χ2v) is 7.25. The molecule has 1 aliphatic carbocycles. The van der Waals surface area contributed by atoms with Crippen molar-refractivity contribution in [3.8, 4) is 0 Å². The van der Waals surface area contributed by atoms with Gasteiger partial charge in [0.2, 0.25) is 11.6 Å². The average Bonchev–Trinajstić information content (AvgIpc) is 2.75. The lowest BCUT2D eigenvalue weighted by Gasteiger charge is -2.35. The van der Waals surface area contributed by atoms with Gasteiger partial charge in [-0.05, 0) is 0 Å². The molecule has 4 aromatic rings. The Morgan fingerprint density at radius 2 is 1.07 bits per heavy atom. The van der Waals surface area contributed by atoms with Crippen LogP contribution in [0.3, 0.4) is 0 Å². The topological polar surface area (TPSA) is 7.76 Å². The first kappa shape index (κ1) is 16.0. The van der Waals surface area contributed by atoms with Gasteiger partial charge in [0.15, 0.2) is 24.8 Å². The fraction of sp³-hybridized carbons (Fsp3) is 0.120. The van der Waals surface area contributed by atoms with E-state index < -0.39 is 0 Å². The van der Waals surface area contributed by atoms with Gasteiger partial charge in [0, 0.05) is 53.4 Å². The van der Waals surface area contributed by atoms with Crippen molar-refractivity contribution in [2.24, 2.45) is 0 Å². The Labute approximate surface area is 160 Å². The van der Waals surface area contributed by atoms with Gasteiger partial charge in [0.05, 0.1) is 0 Å². The number of fused-ring (bicyclic) bond motifs is 2. The molecular weight excluding hydrogens is 328 g/mol. The normalized spacial score (nSPS) is 20.6. The highest BCUT2D eigenvalue weighted by molar-refractivity contribution is 5.52. The van der Waals surface area contributed by atoms with Gasteiger partial charge < -0.3 is 0 Å². The zero-order chi connectivity index (χ0) is 18.3. The van der Waals surface area contributed by atoms with Crippen LogP contribution in [0.1, 0.15) is 35.2 Å². The molecule has 0 radical (unpaired) electrons. The van der Waals surface area contributed by atoms with Gasteiger partial charge in [-0.3, -0.25) is 0 Å². The van der Waals surface area contributed by atoms with E-state index in [1.165, 1.54) is 22.3 Å². The summed E-state index contributed by atoms with van der Waals surface area (Å²) in [4.78, 5) is 0. The summed E-state index contributed by atoms with van der Waals surface area (Å²) in [5, 5.41) is 0. The molecule has 2 aromatic heterocycles. The Kier molecular flexibility index (Phi) is 3.64. The zero-order valence-electron chi connectivity index (χ0n) is 15.4. The lowest BCUT2D eigenvalue weighted by Crippen LogP contribution is -2.59. The molecule has 0 bridgehead atoms. The number of benzene rings is 2. The first-order valence-corrected chi connectivity index (χ1v) is 9.41. The average molecular weight is 350 g/mol. The van der Waals surface area contributed by atoms with Crippen LogP contribution in [0, 0.1) is 0 Å². The van der Waals surface area contributed by atoms with E-state index in [9.17, 15) is 0 Å². The minimum absolute atomic E-state index is 0.177. The Morgan fingerprint density at radius 1 is 0.593 bits per heavy atom. The van der Waals surface area contributed by atoms with E-state index in [0.29, 0.717) is 0 Å². The molecule has 0 saturated heterocycles. The van der Waals surface area contributed by atoms with Crippen molar-refractivity contribution >= 4 is 0 Å². The summed E-state index contributed by atoms with van der Waals surface area (Å²) >= 11 is 0. The van der Waals surface area contributed by atoms with Crippen molar-refractivity contribution in [3.05, 3.63) is 132 Å². The minimum atomic E-state index is -0.250. The van der Waals surface area contributed by atoms with Crippen LogP contribution in [-0.4, -0.2) is 0 Å². The van der Waals surface area contributed by atoms with Crippen LogP contribution in [0.4, 0.5) is 0 Å². The fourth-order valence-corrected chi connectivity index (χ4v) is 4.55. The van der Waals surface area contributed by atoms with Gasteiger partial charge in [-0.1, -0.05) is 60.7 Å². The van der Waals surface area contributed by atoms with Crippen molar-refractivity contribution in [1.82, 2.24) is 0 Å². The van der Waals surface area contributed by atoms with Crippen LogP contribution >= 0.6 is 0 Å². The van der Waals surface area contributed by atoms with E-state index in [4.69, 9.17) is 0 Å². The van der Waals surface area contributed by atoms with Gasteiger partial charge in [-0.15, -0.1) is 0 Å². The van der Waals surface area contributed by atoms with E-state index in [1.54, 1.807) is 0 Å². The first-order chi connectivity index (χ1) is 13.3. The Balaban J connectivity index is 1.86. The molecule has 0 spiro atoms. The molecule has 27 heavy (non-hydrogen) atoms. The number of hydrogen-bond donors (Lipinski definition) is 0. The second-order valence-electron chi connectivity index (χ2n) is 7.25. The standard InChI is InChI=1S/C25H22N2/c1-25(27-18-10-3-11-19-27)22-14-6-4-12-20(22)24(26-16-8-2-9-17-26)21-13-5-7-15-23(21)25/h2-19,24H,1H3/q+2. The first-order valence-electron chi connectivity index (χ1n) is 9.41. The van der Waals surface area contributed by atoms with Gasteiger partial charge in [0.1, 0.15) is 0 Å². The number of nitrogens with zero attached hydrogens (tertiary/aromatic N) is 2. The smallest absolute Gasteiger partial charge is 0.194 e. The van der Waals surface area contributed by atoms with Gasteiger partial charge >= 0.3 is 0 Å². The highest BCUT2D eigenvalue weighted by Gasteiger charge is 2.49. The highest BCUT2D eigenvalue weighted by atomic mass is 15.1. The molecule has 2 nitrogen and oxygen atoms in total. The van der Waals surface area contributed by atoms with Crippen LogP contribution in [0.2, 0.25) is 0 Å². The summed E-state index contributed by atoms with van der Waals surface area (Å²) in [6, 6.07) is 30.5. The highest BCUT2D eigenvalue weighted by Crippen LogP contribution is 2.43. The van der Waals surface area contributed by atoms with Crippen LogP contribution in [0.15, 0.2) is 110 Å². The predicted octanol–water partition coefficient (Wildman–Crippen LogP) is 4.02. The van der Waals surface area contributed by atoms with E-state index in [-0.39, 0.29) is 11.6 Å². The summed E-state index contributed by atoms with van der Waals surface area (Å²) in [5.74, 6) is 0. The van der Waals surface area contributed by atoms with Crippen LogP contribution in [0.25, 0.3) is 0 Å². The molecule has 5 rings (SSSR count). The quantitative estimate of drug-likeness (QED) is 0.482. The van der Waals surface area contributed by atoms with E-state index in [0.717, 1.165) is 0 Å². The number of hydrogen-bond acceptors (Lipinski definition) is 0. The fourth-order valence-electron chi connectivity index (χ4n) is 4.55. The second kappa shape index (κ2) is 6.17. The van der Waals surface area contributed by atoms with Crippen LogP contribution in [-0.2, 0) is 5.54 Å². The maximum Gasteiger partial charge on any atom is 0.216 e. The van der Waals surface area contributed by atoms with E-state index in [1.807, 2.05) is 0 Å². The third kappa shape index (κ3) is 2.33. The van der Waals surface area contributed by atoms with Crippen molar-refractivity contribution in [2.45, 2.75) is 18.5 Å². The van der Waals surface area contributed by atoms with E-state index in [2.05, 4.69) is 126 Å². The summed E-state index contributed by atoms with van der Waals surface area (Å²) in [6.07, 6.45) is 8.67. The third-order valence-corrected chi connectivity index (χ3v) is 5.83. The van der Waals surface area contributed by atoms with E-state index >= 15 is 0 Å². The lowest BCUT2D eigenvalue weighted by atomic mass is 9.71. The molecular formula is C25H22N2+2. The maximum absolute atomic E-state index is 2.33. The SMILES string of the molecule is CC1([n+]2ccccc2)c2ccccc2C([n+]2ccccc2)c2ccccc21. The molecule has 0 amide bonds. The molecule has 0 unspecified atom stereocenters. The van der Waals surface area contributed by atoms with Gasteiger partial charge in [-0.2, -0.15) is 9.13 Å². The van der Waals surface area contributed by atoms with Gasteiger partial charge in [-0.25, -0.2) is 0 Å². The third-order valence-electron chi connectivity index (χ3n) is 5.83. The summed E-state index contributed by atoms with van der Waals surface area (Å²) in [6.45, 7) is 2.33. The molecule has 2 heteroatoms. The number of pyridine rings is 2.